The lowest BCUT2D eigenvalue weighted by Crippen LogP contribution is -2.41. The van der Waals surface area contributed by atoms with Crippen molar-refractivity contribution in [2.45, 2.75) is 19.8 Å². The predicted octanol–water partition coefficient (Wildman–Crippen LogP) is 1.73. The fraction of sp³-hybridized carbons (Fsp3) is 0.579. The van der Waals surface area contributed by atoms with Gasteiger partial charge < -0.3 is 15.4 Å². The lowest BCUT2D eigenvalue weighted by Gasteiger charge is -2.29. The largest absolute Gasteiger partial charge is 0.379 e. The number of amides is 2. The van der Waals surface area contributed by atoms with Crippen LogP contribution in [-0.4, -0.2) is 56.1 Å². The average Bonchev–Trinajstić information content (AvgIpc) is 3.46. The van der Waals surface area contributed by atoms with Crippen molar-refractivity contribution in [3.05, 3.63) is 29.8 Å². The molecule has 3 rings (SSSR count). The molecule has 2 aliphatic rings. The molecule has 0 spiro atoms. The van der Waals surface area contributed by atoms with Crippen LogP contribution in [0.1, 0.15) is 30.1 Å². The van der Waals surface area contributed by atoms with Crippen molar-refractivity contribution in [1.29, 1.82) is 0 Å². The molecular weight excluding hydrogens is 318 g/mol. The first-order valence-corrected chi connectivity index (χ1v) is 9.11. The molecule has 1 aliphatic carbocycles. The summed E-state index contributed by atoms with van der Waals surface area (Å²) in [4.78, 5) is 26.6. The number of ether oxygens (including phenoxy) is 1. The van der Waals surface area contributed by atoms with E-state index in [4.69, 9.17) is 4.74 Å². The zero-order chi connectivity index (χ0) is 17.6. The van der Waals surface area contributed by atoms with E-state index >= 15 is 0 Å². The van der Waals surface area contributed by atoms with Gasteiger partial charge in [-0.2, -0.15) is 0 Å². The molecule has 2 N–H and O–H groups in total. The van der Waals surface area contributed by atoms with Crippen molar-refractivity contribution >= 4 is 17.5 Å². The maximum Gasteiger partial charge on any atom is 0.251 e. The molecule has 1 aliphatic heterocycles. The zero-order valence-electron chi connectivity index (χ0n) is 14.8. The highest BCUT2D eigenvalue weighted by atomic mass is 16.5. The summed E-state index contributed by atoms with van der Waals surface area (Å²) in [6.45, 7) is 7.23. The standard InChI is InChI=1S/C19H27N3O3/c1-14(13-22-7-9-25-10-8-22)12-20-18(23)16-3-2-4-17(11-16)21-19(24)15-5-6-15/h2-4,11,14-15H,5-10,12-13H2,1H3,(H,20,23)(H,21,24). The van der Waals surface area contributed by atoms with Gasteiger partial charge in [-0.05, 0) is 37.0 Å². The second kappa shape index (κ2) is 8.45. The van der Waals surface area contributed by atoms with E-state index < -0.39 is 0 Å². The van der Waals surface area contributed by atoms with Crippen LogP contribution in [0.4, 0.5) is 5.69 Å². The second-order valence-electron chi connectivity index (χ2n) is 7.07. The Morgan fingerprint density at radius 1 is 1.28 bits per heavy atom. The van der Waals surface area contributed by atoms with Gasteiger partial charge in [0.1, 0.15) is 0 Å². The number of carbonyl (C=O) groups is 2. The molecule has 1 heterocycles. The average molecular weight is 345 g/mol. The Morgan fingerprint density at radius 3 is 2.76 bits per heavy atom. The SMILES string of the molecule is CC(CNC(=O)c1cccc(NC(=O)C2CC2)c1)CN1CCOCC1. The summed E-state index contributed by atoms with van der Waals surface area (Å²) in [6.07, 6.45) is 1.93. The fourth-order valence-electron chi connectivity index (χ4n) is 2.99. The molecule has 6 nitrogen and oxygen atoms in total. The maximum absolute atomic E-state index is 12.4. The summed E-state index contributed by atoms with van der Waals surface area (Å²) in [7, 11) is 0. The number of benzene rings is 1. The van der Waals surface area contributed by atoms with Gasteiger partial charge in [-0.3, -0.25) is 14.5 Å². The second-order valence-corrected chi connectivity index (χ2v) is 7.07. The van der Waals surface area contributed by atoms with E-state index in [-0.39, 0.29) is 17.7 Å². The van der Waals surface area contributed by atoms with Crippen LogP contribution in [0, 0.1) is 11.8 Å². The van der Waals surface area contributed by atoms with Crippen LogP contribution >= 0.6 is 0 Å². The molecule has 1 saturated heterocycles. The Labute approximate surface area is 148 Å². The molecule has 25 heavy (non-hydrogen) atoms. The third-order valence-electron chi connectivity index (χ3n) is 4.63. The van der Waals surface area contributed by atoms with Crippen LogP contribution in [0.15, 0.2) is 24.3 Å². The molecule has 2 amide bonds. The maximum atomic E-state index is 12.4. The van der Waals surface area contributed by atoms with E-state index in [9.17, 15) is 9.59 Å². The Kier molecular flexibility index (Phi) is 6.04. The minimum atomic E-state index is -0.101. The van der Waals surface area contributed by atoms with Gasteiger partial charge in [0.05, 0.1) is 13.2 Å². The highest BCUT2D eigenvalue weighted by Gasteiger charge is 2.29. The molecule has 2 fully saturated rings. The Bertz CT molecular complexity index is 610. The minimum Gasteiger partial charge on any atom is -0.379 e. The normalized spacial score (nSPS) is 19.2. The third-order valence-corrected chi connectivity index (χ3v) is 4.63. The zero-order valence-corrected chi connectivity index (χ0v) is 14.8. The quantitative estimate of drug-likeness (QED) is 0.790. The van der Waals surface area contributed by atoms with Gasteiger partial charge in [0.15, 0.2) is 0 Å². The van der Waals surface area contributed by atoms with Gasteiger partial charge in [0, 0.05) is 43.3 Å². The van der Waals surface area contributed by atoms with Gasteiger partial charge in [0.25, 0.3) is 5.91 Å². The number of nitrogens with zero attached hydrogens (tertiary/aromatic N) is 1. The van der Waals surface area contributed by atoms with Gasteiger partial charge >= 0.3 is 0 Å². The highest BCUT2D eigenvalue weighted by molar-refractivity contribution is 5.98. The summed E-state index contributed by atoms with van der Waals surface area (Å²) in [5.74, 6) is 0.478. The lowest BCUT2D eigenvalue weighted by atomic mass is 10.1. The molecule has 0 radical (unpaired) electrons. The summed E-state index contributed by atoms with van der Waals surface area (Å²) in [6, 6.07) is 7.13. The number of carbonyl (C=O) groups excluding carboxylic acids is 2. The molecule has 1 aromatic rings. The van der Waals surface area contributed by atoms with Crippen molar-refractivity contribution in [2.75, 3.05) is 44.7 Å². The van der Waals surface area contributed by atoms with Crippen molar-refractivity contribution in [3.63, 3.8) is 0 Å². The number of nitrogens with one attached hydrogen (secondary N) is 2. The summed E-state index contributed by atoms with van der Waals surface area (Å²) >= 11 is 0. The number of anilines is 1. The molecule has 6 heteroatoms. The van der Waals surface area contributed by atoms with Crippen LogP contribution in [0.2, 0.25) is 0 Å². The molecule has 136 valence electrons. The topological polar surface area (TPSA) is 70.7 Å². The Balaban J connectivity index is 1.46. The first-order valence-electron chi connectivity index (χ1n) is 9.11. The Morgan fingerprint density at radius 2 is 2.04 bits per heavy atom. The molecule has 1 unspecified atom stereocenters. The van der Waals surface area contributed by atoms with Crippen molar-refractivity contribution in [1.82, 2.24) is 10.2 Å². The van der Waals surface area contributed by atoms with Gasteiger partial charge in [-0.15, -0.1) is 0 Å². The third kappa shape index (κ3) is 5.54. The number of rotatable bonds is 7. The van der Waals surface area contributed by atoms with E-state index in [1.807, 2.05) is 6.07 Å². The molecular formula is C19H27N3O3. The van der Waals surface area contributed by atoms with Crippen LogP contribution in [0.25, 0.3) is 0 Å². The Hall–Kier alpha value is -1.92. The fourth-order valence-corrected chi connectivity index (χ4v) is 2.99. The minimum absolute atomic E-state index is 0.0525. The molecule has 0 aromatic heterocycles. The summed E-state index contributed by atoms with van der Waals surface area (Å²) in [5.41, 5.74) is 1.26. The smallest absolute Gasteiger partial charge is 0.251 e. The number of hydrogen-bond donors (Lipinski definition) is 2. The van der Waals surface area contributed by atoms with Crippen LogP contribution in [0.3, 0.4) is 0 Å². The summed E-state index contributed by atoms with van der Waals surface area (Å²) in [5, 5.41) is 5.88. The highest BCUT2D eigenvalue weighted by Crippen LogP contribution is 2.30. The lowest BCUT2D eigenvalue weighted by molar-refractivity contribution is -0.117. The van der Waals surface area contributed by atoms with Crippen molar-refractivity contribution in [3.8, 4) is 0 Å². The van der Waals surface area contributed by atoms with Gasteiger partial charge in [-0.1, -0.05) is 13.0 Å². The number of hydrogen-bond acceptors (Lipinski definition) is 4. The van der Waals surface area contributed by atoms with Crippen LogP contribution in [0.5, 0.6) is 0 Å². The van der Waals surface area contributed by atoms with E-state index in [1.54, 1.807) is 18.2 Å². The predicted molar refractivity (Wildman–Crippen MR) is 96.6 cm³/mol. The van der Waals surface area contributed by atoms with Gasteiger partial charge in [0.2, 0.25) is 5.91 Å². The van der Waals surface area contributed by atoms with E-state index in [2.05, 4.69) is 22.5 Å². The van der Waals surface area contributed by atoms with E-state index in [1.165, 1.54) is 0 Å². The van der Waals surface area contributed by atoms with Crippen molar-refractivity contribution < 1.29 is 14.3 Å². The molecule has 1 atom stereocenters. The summed E-state index contributed by atoms with van der Waals surface area (Å²) < 4.78 is 5.35. The number of morpholine rings is 1. The van der Waals surface area contributed by atoms with Crippen molar-refractivity contribution in [2.24, 2.45) is 11.8 Å². The monoisotopic (exact) mass is 345 g/mol. The van der Waals surface area contributed by atoms with E-state index in [0.29, 0.717) is 23.7 Å². The molecule has 1 aromatic carbocycles. The molecule has 1 saturated carbocycles. The van der Waals surface area contributed by atoms with Crippen LogP contribution in [-0.2, 0) is 9.53 Å². The molecule has 0 bridgehead atoms. The first-order chi connectivity index (χ1) is 12.1. The van der Waals surface area contributed by atoms with Gasteiger partial charge in [-0.25, -0.2) is 0 Å². The van der Waals surface area contributed by atoms with Crippen LogP contribution < -0.4 is 10.6 Å². The first kappa shape index (κ1) is 17.9. The van der Waals surface area contributed by atoms with E-state index in [0.717, 1.165) is 45.7 Å².